The molecule has 0 spiro atoms. The highest BCUT2D eigenvalue weighted by atomic mass is 35.5. The number of ether oxygens (including phenoxy) is 1. The van der Waals surface area contributed by atoms with Crippen LogP contribution < -0.4 is 15.2 Å². The topological polar surface area (TPSA) is 74.4 Å². The number of benzene rings is 1. The average molecular weight is 482 g/mol. The molecule has 0 radical (unpaired) electrons. The maximum absolute atomic E-state index is 13.8. The third-order valence-electron chi connectivity index (χ3n) is 7.00. The number of piperazine rings is 1. The summed E-state index contributed by atoms with van der Waals surface area (Å²) in [5, 5.41) is 9.53. The number of rotatable bonds is 3. The van der Waals surface area contributed by atoms with Crippen molar-refractivity contribution >= 4 is 28.3 Å². The molecule has 9 heteroatoms. The van der Waals surface area contributed by atoms with Crippen LogP contribution in [0.15, 0.2) is 35.1 Å². The predicted molar refractivity (Wildman–Crippen MR) is 129 cm³/mol. The molecule has 1 saturated heterocycles. The van der Waals surface area contributed by atoms with Crippen LogP contribution in [0.1, 0.15) is 37.6 Å². The van der Waals surface area contributed by atoms with Crippen LogP contribution in [-0.2, 0) is 7.05 Å². The van der Waals surface area contributed by atoms with Crippen LogP contribution in [0, 0.1) is 17.1 Å². The molecule has 3 aromatic rings. The molecular weight excluding hydrogens is 457 g/mol. The summed E-state index contributed by atoms with van der Waals surface area (Å²) in [7, 11) is 1.69. The first-order valence-electron chi connectivity index (χ1n) is 11.4. The summed E-state index contributed by atoms with van der Waals surface area (Å²) in [5.74, 6) is -0.139. The molecule has 4 heterocycles. The molecule has 1 fully saturated rings. The number of nitriles is 1. The van der Waals surface area contributed by atoms with E-state index >= 15 is 0 Å². The second kappa shape index (κ2) is 8.57. The molecule has 0 amide bonds. The van der Waals surface area contributed by atoms with Crippen LogP contribution in [0.3, 0.4) is 0 Å². The Kier molecular flexibility index (Phi) is 5.70. The summed E-state index contributed by atoms with van der Waals surface area (Å²) in [5.41, 5.74) is 2.98. The number of hydrogen-bond donors (Lipinski definition) is 0. The van der Waals surface area contributed by atoms with Gasteiger partial charge in [0.25, 0.3) is 5.56 Å². The number of pyridine rings is 2. The third kappa shape index (κ3) is 3.51. The summed E-state index contributed by atoms with van der Waals surface area (Å²) in [6.07, 6.45) is 0.840. The summed E-state index contributed by atoms with van der Waals surface area (Å²) in [6, 6.07) is 10.6. The second-order valence-electron chi connectivity index (χ2n) is 8.98. The summed E-state index contributed by atoms with van der Waals surface area (Å²) >= 11 is 6.08. The highest BCUT2D eigenvalue weighted by Gasteiger charge is 2.41. The van der Waals surface area contributed by atoms with Gasteiger partial charge in [-0.3, -0.25) is 9.69 Å². The van der Waals surface area contributed by atoms with Gasteiger partial charge in [-0.1, -0.05) is 24.6 Å². The zero-order chi connectivity index (χ0) is 24.1. The molecule has 2 aliphatic rings. The van der Waals surface area contributed by atoms with E-state index in [2.05, 4.69) is 34.7 Å². The van der Waals surface area contributed by atoms with Crippen LogP contribution in [-0.4, -0.2) is 46.2 Å². The fraction of sp³-hybridized carbons (Fsp3) is 0.400. The van der Waals surface area contributed by atoms with Crippen molar-refractivity contribution in [2.24, 2.45) is 7.05 Å². The monoisotopic (exact) mass is 481 g/mol. The van der Waals surface area contributed by atoms with Gasteiger partial charge >= 0.3 is 0 Å². The molecule has 7 nitrogen and oxygen atoms in total. The molecule has 3 atom stereocenters. The molecule has 1 aromatic carbocycles. The maximum Gasteiger partial charge on any atom is 0.295 e. The Balaban J connectivity index is 1.56. The molecule has 5 rings (SSSR count). The number of halogens is 2. The lowest BCUT2D eigenvalue weighted by molar-refractivity contribution is 0.0823. The van der Waals surface area contributed by atoms with Gasteiger partial charge in [-0.15, -0.1) is 0 Å². The van der Waals surface area contributed by atoms with E-state index in [1.807, 2.05) is 0 Å². The molecule has 0 saturated carbocycles. The van der Waals surface area contributed by atoms with Gasteiger partial charge in [-0.05, 0) is 43.2 Å². The first-order valence-corrected chi connectivity index (χ1v) is 11.8. The Labute approximate surface area is 201 Å². The van der Waals surface area contributed by atoms with Gasteiger partial charge in [0.2, 0.25) is 5.75 Å². The molecule has 2 aliphatic heterocycles. The van der Waals surface area contributed by atoms with E-state index in [0.717, 1.165) is 12.0 Å². The normalized spacial score (nSPS) is 20.9. The number of nitrogens with zero attached hydrogens (tertiary/aromatic N) is 5. The first kappa shape index (κ1) is 22.6. The van der Waals surface area contributed by atoms with Crippen LogP contribution >= 0.6 is 11.6 Å². The Morgan fingerprint density at radius 3 is 2.82 bits per heavy atom. The van der Waals surface area contributed by atoms with E-state index in [1.165, 1.54) is 10.6 Å². The van der Waals surface area contributed by atoms with Gasteiger partial charge in [0, 0.05) is 32.2 Å². The zero-order valence-corrected chi connectivity index (χ0v) is 20.0. The standard InChI is InChI=1S/C25H25ClFN5O2/c1-4-20(15-5-7-19(27)18(26)9-15)31-12-17-13-34-24-23(32(17)11-14(31)2)22-21(30(3)25(24)33)8-6-16(10-28)29-22/h5-9,14,17,20H,4,11-13H2,1-3H3/t14-,17+,20+/m1/s1. The van der Waals surface area contributed by atoms with Crippen molar-refractivity contribution in [3.63, 3.8) is 0 Å². The second-order valence-corrected chi connectivity index (χ2v) is 9.39. The molecule has 0 unspecified atom stereocenters. The molecular formula is C25H25ClFN5O2. The van der Waals surface area contributed by atoms with Crippen LogP contribution in [0.2, 0.25) is 5.02 Å². The predicted octanol–water partition coefficient (Wildman–Crippen LogP) is 4.02. The van der Waals surface area contributed by atoms with Crippen LogP contribution in [0.5, 0.6) is 5.75 Å². The van der Waals surface area contributed by atoms with Gasteiger partial charge in [0.1, 0.15) is 35.4 Å². The summed E-state index contributed by atoms with van der Waals surface area (Å²) in [6.45, 7) is 5.99. The lowest BCUT2D eigenvalue weighted by Crippen LogP contribution is -2.61. The fourth-order valence-electron chi connectivity index (χ4n) is 5.30. The molecule has 176 valence electrons. The average Bonchev–Trinajstić information content (AvgIpc) is 2.84. The highest BCUT2D eigenvalue weighted by molar-refractivity contribution is 6.30. The van der Waals surface area contributed by atoms with Gasteiger partial charge in [-0.2, -0.15) is 5.26 Å². The summed E-state index contributed by atoms with van der Waals surface area (Å²) < 4.78 is 21.3. The van der Waals surface area contributed by atoms with Crippen molar-refractivity contribution in [1.29, 1.82) is 5.26 Å². The molecule has 0 N–H and O–H groups in total. The van der Waals surface area contributed by atoms with E-state index in [1.54, 1.807) is 31.3 Å². The quantitative estimate of drug-likeness (QED) is 0.562. The maximum atomic E-state index is 13.8. The number of aryl methyl sites for hydroxylation is 1. The van der Waals surface area contributed by atoms with E-state index < -0.39 is 5.82 Å². The minimum Gasteiger partial charge on any atom is -0.484 e. The van der Waals surface area contributed by atoms with Crippen molar-refractivity contribution in [3.05, 3.63) is 62.8 Å². The van der Waals surface area contributed by atoms with E-state index in [0.29, 0.717) is 42.1 Å². The first-order chi connectivity index (χ1) is 16.3. The Bertz CT molecular complexity index is 1380. The third-order valence-corrected chi connectivity index (χ3v) is 7.29. The van der Waals surface area contributed by atoms with Crippen molar-refractivity contribution in [3.8, 4) is 11.8 Å². The largest absolute Gasteiger partial charge is 0.484 e. The van der Waals surface area contributed by atoms with E-state index in [4.69, 9.17) is 16.3 Å². The Hall–Kier alpha value is -3.15. The zero-order valence-electron chi connectivity index (χ0n) is 19.3. The minimum absolute atomic E-state index is 0.00322. The van der Waals surface area contributed by atoms with Crippen molar-refractivity contribution in [2.75, 3.05) is 24.6 Å². The van der Waals surface area contributed by atoms with E-state index in [-0.39, 0.29) is 34.5 Å². The fourth-order valence-corrected chi connectivity index (χ4v) is 5.49. The number of hydrogen-bond acceptors (Lipinski definition) is 6. The summed E-state index contributed by atoms with van der Waals surface area (Å²) in [4.78, 5) is 22.2. The van der Waals surface area contributed by atoms with Crippen LogP contribution in [0.4, 0.5) is 10.1 Å². The highest BCUT2D eigenvalue weighted by Crippen LogP contribution is 2.41. The van der Waals surface area contributed by atoms with Gasteiger partial charge in [0.15, 0.2) is 0 Å². The number of fused-ring (bicyclic) bond motifs is 5. The number of anilines is 1. The van der Waals surface area contributed by atoms with Crippen molar-refractivity contribution < 1.29 is 9.13 Å². The molecule has 0 aliphatic carbocycles. The smallest absolute Gasteiger partial charge is 0.295 e. The van der Waals surface area contributed by atoms with Gasteiger partial charge in [0.05, 0.1) is 16.6 Å². The van der Waals surface area contributed by atoms with Crippen molar-refractivity contribution in [1.82, 2.24) is 14.5 Å². The van der Waals surface area contributed by atoms with E-state index in [9.17, 15) is 14.4 Å². The lowest BCUT2D eigenvalue weighted by Gasteiger charge is -2.50. The molecule has 0 bridgehead atoms. The van der Waals surface area contributed by atoms with Crippen LogP contribution in [0.25, 0.3) is 11.0 Å². The number of aromatic nitrogens is 2. The van der Waals surface area contributed by atoms with Gasteiger partial charge < -0.3 is 14.2 Å². The lowest BCUT2D eigenvalue weighted by atomic mass is 9.96. The SMILES string of the molecule is CC[C@@H](c1ccc(F)c(Cl)c1)N1C[C@H]2COc3c(c4nc(C#N)ccc4n(C)c3=O)N2C[C@H]1C. The minimum atomic E-state index is -0.423. The van der Waals surface area contributed by atoms with Gasteiger partial charge in [-0.25, -0.2) is 9.37 Å². The Morgan fingerprint density at radius 2 is 2.12 bits per heavy atom. The van der Waals surface area contributed by atoms with Crippen molar-refractivity contribution in [2.45, 2.75) is 38.4 Å². The molecule has 2 aromatic heterocycles. The molecule has 34 heavy (non-hydrogen) atoms. The Morgan fingerprint density at radius 1 is 1.32 bits per heavy atom.